The van der Waals surface area contributed by atoms with Crippen LogP contribution in [0, 0.1) is 0 Å². The van der Waals surface area contributed by atoms with Crippen molar-refractivity contribution in [1.29, 1.82) is 0 Å². The number of hydrogen-bond donors (Lipinski definition) is 0. The van der Waals surface area contributed by atoms with Gasteiger partial charge in [-0.05, 0) is 44.7 Å². The van der Waals surface area contributed by atoms with Gasteiger partial charge in [0.2, 0.25) is 0 Å². The van der Waals surface area contributed by atoms with Crippen LogP contribution in [0.2, 0.25) is 0 Å². The highest BCUT2D eigenvalue weighted by atomic mass is 79.9. The summed E-state index contributed by atoms with van der Waals surface area (Å²) in [4.78, 5) is 9.50. The highest BCUT2D eigenvalue weighted by Gasteiger charge is 2.18. The average Bonchev–Trinajstić information content (AvgIpc) is 2.93. The lowest BCUT2D eigenvalue weighted by Gasteiger charge is -2.09. The van der Waals surface area contributed by atoms with Gasteiger partial charge in [0, 0.05) is 0 Å². The molecule has 0 saturated heterocycles. The standard InChI is InChI=1S/C12H10Br2N4S/c1-3-5-6(4-2)16-10-8(14)12-11(17-19-18-12)7(13)9(10)15-5/h3-4H2,1-2H3. The van der Waals surface area contributed by atoms with Crippen LogP contribution in [-0.4, -0.2) is 18.7 Å². The van der Waals surface area contributed by atoms with Gasteiger partial charge in [0.25, 0.3) is 0 Å². The molecule has 2 heterocycles. The molecule has 1 aromatic carbocycles. The van der Waals surface area contributed by atoms with Gasteiger partial charge in [0.05, 0.1) is 32.1 Å². The second kappa shape index (κ2) is 5.03. The van der Waals surface area contributed by atoms with Gasteiger partial charge in [-0.25, -0.2) is 9.97 Å². The number of aryl methyl sites for hydroxylation is 2. The lowest BCUT2D eigenvalue weighted by Crippen LogP contribution is -2.01. The molecule has 7 heteroatoms. The van der Waals surface area contributed by atoms with Crippen molar-refractivity contribution in [3.05, 3.63) is 20.3 Å². The minimum Gasteiger partial charge on any atom is -0.248 e. The highest BCUT2D eigenvalue weighted by Crippen LogP contribution is 2.36. The molecular weight excluding hydrogens is 392 g/mol. The van der Waals surface area contributed by atoms with E-state index in [0.717, 1.165) is 55.2 Å². The Balaban J connectivity index is 2.51. The number of halogens is 2. The Kier molecular flexibility index (Phi) is 3.53. The normalized spacial score (nSPS) is 11.6. The zero-order valence-electron chi connectivity index (χ0n) is 10.4. The third-order valence-electron chi connectivity index (χ3n) is 3.04. The topological polar surface area (TPSA) is 51.6 Å². The fraction of sp³-hybridized carbons (Fsp3) is 0.333. The first kappa shape index (κ1) is 13.3. The Labute approximate surface area is 131 Å². The quantitative estimate of drug-likeness (QED) is 0.642. The first-order valence-electron chi connectivity index (χ1n) is 5.96. The second-order valence-corrected chi connectivity index (χ2v) is 6.23. The molecule has 3 aromatic rings. The number of rotatable bonds is 2. The molecule has 0 saturated carbocycles. The number of nitrogens with zero attached hydrogens (tertiary/aromatic N) is 4. The van der Waals surface area contributed by atoms with Crippen LogP contribution in [0.3, 0.4) is 0 Å². The fourth-order valence-electron chi connectivity index (χ4n) is 2.08. The first-order valence-corrected chi connectivity index (χ1v) is 8.27. The molecule has 4 nitrogen and oxygen atoms in total. The van der Waals surface area contributed by atoms with Crippen LogP contribution in [0.15, 0.2) is 8.95 Å². The van der Waals surface area contributed by atoms with E-state index in [1.807, 2.05) is 0 Å². The van der Waals surface area contributed by atoms with Crippen LogP contribution in [0.4, 0.5) is 0 Å². The third-order valence-corrected chi connectivity index (χ3v) is 5.07. The predicted octanol–water partition coefficient (Wildman–Crippen LogP) is 4.28. The molecule has 0 radical (unpaired) electrons. The summed E-state index contributed by atoms with van der Waals surface area (Å²) in [7, 11) is 0. The van der Waals surface area contributed by atoms with E-state index in [9.17, 15) is 0 Å². The van der Waals surface area contributed by atoms with E-state index in [-0.39, 0.29) is 0 Å². The molecule has 0 aliphatic heterocycles. The maximum Gasteiger partial charge on any atom is 0.122 e. The van der Waals surface area contributed by atoms with Crippen LogP contribution < -0.4 is 0 Å². The van der Waals surface area contributed by atoms with Crippen molar-refractivity contribution in [1.82, 2.24) is 18.7 Å². The van der Waals surface area contributed by atoms with Crippen molar-refractivity contribution in [2.24, 2.45) is 0 Å². The van der Waals surface area contributed by atoms with E-state index in [4.69, 9.17) is 9.97 Å². The van der Waals surface area contributed by atoms with Crippen molar-refractivity contribution >= 4 is 65.7 Å². The van der Waals surface area contributed by atoms with Gasteiger partial charge in [0.1, 0.15) is 22.1 Å². The molecule has 0 unspecified atom stereocenters. The van der Waals surface area contributed by atoms with Crippen LogP contribution in [0.25, 0.3) is 22.1 Å². The molecule has 0 fully saturated rings. The Morgan fingerprint density at radius 3 is 1.58 bits per heavy atom. The van der Waals surface area contributed by atoms with Gasteiger partial charge in [-0.3, -0.25) is 0 Å². The summed E-state index contributed by atoms with van der Waals surface area (Å²) >= 11 is 8.37. The van der Waals surface area contributed by atoms with E-state index in [0.29, 0.717) is 0 Å². The molecule has 98 valence electrons. The van der Waals surface area contributed by atoms with Gasteiger partial charge in [0.15, 0.2) is 0 Å². The first-order chi connectivity index (χ1) is 9.17. The molecule has 0 aliphatic carbocycles. The minimum absolute atomic E-state index is 0.838. The molecule has 0 aliphatic rings. The SMILES string of the molecule is CCc1nc2c(Br)c3nsnc3c(Br)c2nc1CC. The van der Waals surface area contributed by atoms with Gasteiger partial charge in [-0.2, -0.15) is 8.75 Å². The van der Waals surface area contributed by atoms with Gasteiger partial charge in [-0.15, -0.1) is 0 Å². The van der Waals surface area contributed by atoms with E-state index >= 15 is 0 Å². The van der Waals surface area contributed by atoms with E-state index in [1.165, 1.54) is 11.7 Å². The average molecular weight is 402 g/mol. The molecule has 2 aromatic heterocycles. The summed E-state index contributed by atoms with van der Waals surface area (Å²) in [6.07, 6.45) is 1.76. The summed E-state index contributed by atoms with van der Waals surface area (Å²) < 4.78 is 10.4. The van der Waals surface area contributed by atoms with Crippen LogP contribution in [0.5, 0.6) is 0 Å². The third kappa shape index (κ3) is 1.98. The molecular formula is C12H10Br2N4S. The summed E-state index contributed by atoms with van der Waals surface area (Å²) in [5, 5.41) is 0. The van der Waals surface area contributed by atoms with Gasteiger partial charge >= 0.3 is 0 Å². The summed E-state index contributed by atoms with van der Waals surface area (Å²) in [5.74, 6) is 0. The minimum atomic E-state index is 0.838. The molecule has 3 rings (SSSR count). The Morgan fingerprint density at radius 1 is 0.789 bits per heavy atom. The lowest BCUT2D eigenvalue weighted by atomic mass is 10.2. The molecule has 0 N–H and O–H groups in total. The zero-order valence-corrected chi connectivity index (χ0v) is 14.4. The van der Waals surface area contributed by atoms with E-state index in [1.54, 1.807) is 0 Å². The van der Waals surface area contributed by atoms with Crippen molar-refractivity contribution in [2.75, 3.05) is 0 Å². The van der Waals surface area contributed by atoms with Crippen molar-refractivity contribution < 1.29 is 0 Å². The number of benzene rings is 1. The molecule has 0 amide bonds. The maximum absolute atomic E-state index is 4.75. The zero-order chi connectivity index (χ0) is 13.6. The highest BCUT2D eigenvalue weighted by molar-refractivity contribution is 9.11. The van der Waals surface area contributed by atoms with Crippen LogP contribution in [0.1, 0.15) is 25.2 Å². The molecule has 0 atom stereocenters. The predicted molar refractivity (Wildman–Crippen MR) is 84.7 cm³/mol. The van der Waals surface area contributed by atoms with Crippen molar-refractivity contribution in [3.8, 4) is 0 Å². The number of fused-ring (bicyclic) bond motifs is 2. The van der Waals surface area contributed by atoms with Gasteiger partial charge < -0.3 is 0 Å². The molecule has 19 heavy (non-hydrogen) atoms. The second-order valence-electron chi connectivity index (χ2n) is 4.11. The van der Waals surface area contributed by atoms with Crippen molar-refractivity contribution in [3.63, 3.8) is 0 Å². The monoisotopic (exact) mass is 400 g/mol. The molecule has 0 spiro atoms. The fourth-order valence-corrected chi connectivity index (χ4v) is 3.98. The van der Waals surface area contributed by atoms with E-state index in [2.05, 4.69) is 54.5 Å². The molecule has 0 bridgehead atoms. The lowest BCUT2D eigenvalue weighted by molar-refractivity contribution is 0.929. The summed E-state index contributed by atoms with van der Waals surface area (Å²) in [6.45, 7) is 4.20. The number of aromatic nitrogens is 4. The van der Waals surface area contributed by atoms with Crippen molar-refractivity contribution in [2.45, 2.75) is 26.7 Å². The Morgan fingerprint density at radius 2 is 1.21 bits per heavy atom. The Bertz CT molecular complexity index is 721. The van der Waals surface area contributed by atoms with Crippen LogP contribution >= 0.6 is 43.6 Å². The van der Waals surface area contributed by atoms with Gasteiger partial charge in [-0.1, -0.05) is 13.8 Å². The summed E-state index contributed by atoms with van der Waals surface area (Å²) in [5.41, 5.74) is 5.47. The summed E-state index contributed by atoms with van der Waals surface area (Å²) in [6, 6.07) is 0. The van der Waals surface area contributed by atoms with E-state index < -0.39 is 0 Å². The van der Waals surface area contributed by atoms with Crippen LogP contribution in [-0.2, 0) is 12.8 Å². The number of hydrogen-bond acceptors (Lipinski definition) is 5. The Hall–Kier alpha value is -0.660. The maximum atomic E-state index is 4.75. The smallest absolute Gasteiger partial charge is 0.122 e. The largest absolute Gasteiger partial charge is 0.248 e.